The van der Waals surface area contributed by atoms with Gasteiger partial charge in [-0.2, -0.15) is 0 Å². The number of halogens is 1. The molecule has 28 heavy (non-hydrogen) atoms. The number of anilines is 1. The van der Waals surface area contributed by atoms with E-state index in [0.717, 1.165) is 18.7 Å². The van der Waals surface area contributed by atoms with Gasteiger partial charge in [0.2, 0.25) is 0 Å². The van der Waals surface area contributed by atoms with Crippen LogP contribution >= 0.6 is 11.6 Å². The first kappa shape index (κ1) is 22.2. The van der Waals surface area contributed by atoms with Crippen molar-refractivity contribution in [2.75, 3.05) is 30.9 Å². The maximum Gasteiger partial charge on any atom is 0.261 e. The SMILES string of the molecule is CCN(CC)CCNC(=O)c1cc(S(=O)(=O)Nc2cccc(C)c2)ccc1Cl. The Morgan fingerprint density at radius 2 is 1.82 bits per heavy atom. The van der Waals surface area contributed by atoms with E-state index in [1.807, 2.05) is 13.0 Å². The summed E-state index contributed by atoms with van der Waals surface area (Å²) >= 11 is 6.13. The highest BCUT2D eigenvalue weighted by Crippen LogP contribution is 2.23. The topological polar surface area (TPSA) is 78.5 Å². The summed E-state index contributed by atoms with van der Waals surface area (Å²) < 4.78 is 27.9. The largest absolute Gasteiger partial charge is 0.351 e. The summed E-state index contributed by atoms with van der Waals surface area (Å²) in [5, 5.41) is 3.00. The number of carbonyl (C=O) groups is 1. The molecule has 0 aliphatic rings. The van der Waals surface area contributed by atoms with E-state index in [1.165, 1.54) is 18.2 Å². The molecular weight excluding hydrogens is 398 g/mol. The van der Waals surface area contributed by atoms with Crippen LogP contribution in [0, 0.1) is 6.92 Å². The van der Waals surface area contributed by atoms with Crippen molar-refractivity contribution in [3.05, 3.63) is 58.6 Å². The van der Waals surface area contributed by atoms with Crippen LogP contribution in [0.15, 0.2) is 47.4 Å². The number of hydrogen-bond donors (Lipinski definition) is 2. The Bertz CT molecular complexity index is 928. The predicted molar refractivity (Wildman–Crippen MR) is 114 cm³/mol. The van der Waals surface area contributed by atoms with Gasteiger partial charge < -0.3 is 10.2 Å². The molecule has 0 radical (unpaired) electrons. The summed E-state index contributed by atoms with van der Waals surface area (Å²) in [6, 6.07) is 11.1. The Kier molecular flexibility index (Phi) is 7.86. The lowest BCUT2D eigenvalue weighted by atomic mass is 10.2. The van der Waals surface area contributed by atoms with Crippen LogP contribution in [0.1, 0.15) is 29.8 Å². The summed E-state index contributed by atoms with van der Waals surface area (Å²) in [6.07, 6.45) is 0. The number of nitrogens with one attached hydrogen (secondary N) is 2. The molecule has 0 spiro atoms. The average Bonchev–Trinajstić information content (AvgIpc) is 2.65. The fraction of sp³-hybridized carbons (Fsp3) is 0.350. The van der Waals surface area contributed by atoms with Crippen LogP contribution in [0.2, 0.25) is 5.02 Å². The molecule has 0 unspecified atom stereocenters. The van der Waals surface area contributed by atoms with Gasteiger partial charge in [0.15, 0.2) is 0 Å². The van der Waals surface area contributed by atoms with Gasteiger partial charge in [-0.25, -0.2) is 8.42 Å². The highest BCUT2D eigenvalue weighted by Gasteiger charge is 2.19. The van der Waals surface area contributed by atoms with Crippen molar-refractivity contribution in [1.29, 1.82) is 0 Å². The third-order valence-corrected chi connectivity index (χ3v) is 6.08. The molecule has 0 saturated carbocycles. The maximum atomic E-state index is 12.7. The molecule has 0 aliphatic carbocycles. The lowest BCUT2D eigenvalue weighted by molar-refractivity contribution is 0.0949. The Balaban J connectivity index is 2.16. The number of likely N-dealkylation sites (N-methyl/N-ethyl adjacent to an activating group) is 1. The second-order valence-corrected chi connectivity index (χ2v) is 8.49. The van der Waals surface area contributed by atoms with Gasteiger partial charge in [-0.05, 0) is 55.9 Å². The number of rotatable bonds is 9. The molecule has 8 heteroatoms. The standard InChI is InChI=1S/C20H26ClN3O3S/c1-4-24(5-2)12-11-22-20(25)18-14-17(9-10-19(18)21)28(26,27)23-16-8-6-7-15(3)13-16/h6-10,13-14,23H,4-5,11-12H2,1-3H3,(H,22,25). The first-order valence-electron chi connectivity index (χ1n) is 9.16. The lowest BCUT2D eigenvalue weighted by Crippen LogP contribution is -2.35. The molecular formula is C20H26ClN3O3S. The summed E-state index contributed by atoms with van der Waals surface area (Å²) in [7, 11) is -3.84. The number of aryl methyl sites for hydroxylation is 1. The van der Waals surface area contributed by atoms with Gasteiger partial charge >= 0.3 is 0 Å². The van der Waals surface area contributed by atoms with E-state index in [1.54, 1.807) is 18.2 Å². The van der Waals surface area contributed by atoms with E-state index < -0.39 is 15.9 Å². The summed E-state index contributed by atoms with van der Waals surface area (Å²) in [6.45, 7) is 8.94. The van der Waals surface area contributed by atoms with Crippen molar-refractivity contribution in [3.8, 4) is 0 Å². The van der Waals surface area contributed by atoms with Gasteiger partial charge in [-0.3, -0.25) is 9.52 Å². The third kappa shape index (κ3) is 5.95. The van der Waals surface area contributed by atoms with E-state index in [4.69, 9.17) is 11.6 Å². The van der Waals surface area contributed by atoms with E-state index >= 15 is 0 Å². The minimum absolute atomic E-state index is 0.0210. The van der Waals surface area contributed by atoms with Gasteiger partial charge in [-0.15, -0.1) is 0 Å². The first-order valence-corrected chi connectivity index (χ1v) is 11.0. The summed E-state index contributed by atoms with van der Waals surface area (Å²) in [5.74, 6) is -0.398. The molecule has 2 aromatic carbocycles. The highest BCUT2D eigenvalue weighted by atomic mass is 35.5. The van der Waals surface area contributed by atoms with Crippen LogP contribution < -0.4 is 10.0 Å². The fourth-order valence-electron chi connectivity index (χ4n) is 2.73. The number of hydrogen-bond acceptors (Lipinski definition) is 4. The number of benzene rings is 2. The molecule has 6 nitrogen and oxygen atoms in total. The van der Waals surface area contributed by atoms with E-state index in [9.17, 15) is 13.2 Å². The van der Waals surface area contributed by atoms with Gasteiger partial charge in [0.05, 0.1) is 15.5 Å². The van der Waals surface area contributed by atoms with Crippen LogP contribution in [-0.4, -0.2) is 45.4 Å². The van der Waals surface area contributed by atoms with E-state index in [0.29, 0.717) is 18.8 Å². The Hall–Kier alpha value is -2.09. The van der Waals surface area contributed by atoms with Gasteiger partial charge in [0.25, 0.3) is 15.9 Å². The second kappa shape index (κ2) is 9.91. The molecule has 0 bridgehead atoms. The van der Waals surface area contributed by atoms with Crippen LogP contribution in [0.4, 0.5) is 5.69 Å². The number of sulfonamides is 1. The zero-order chi connectivity index (χ0) is 20.7. The normalized spacial score (nSPS) is 11.5. The van der Waals surface area contributed by atoms with Crippen LogP contribution in [0.3, 0.4) is 0 Å². The second-order valence-electron chi connectivity index (χ2n) is 6.40. The molecule has 0 aromatic heterocycles. The molecule has 1 amide bonds. The average molecular weight is 424 g/mol. The molecule has 2 rings (SSSR count). The number of nitrogens with zero attached hydrogens (tertiary/aromatic N) is 1. The monoisotopic (exact) mass is 423 g/mol. The Morgan fingerprint density at radius 1 is 1.11 bits per heavy atom. The highest BCUT2D eigenvalue weighted by molar-refractivity contribution is 7.92. The summed E-state index contributed by atoms with van der Waals surface area (Å²) in [4.78, 5) is 14.6. The maximum absolute atomic E-state index is 12.7. The molecule has 2 N–H and O–H groups in total. The molecule has 0 saturated heterocycles. The van der Waals surface area contributed by atoms with Gasteiger partial charge in [-0.1, -0.05) is 37.6 Å². The van der Waals surface area contributed by atoms with Crippen molar-refractivity contribution < 1.29 is 13.2 Å². The van der Waals surface area contributed by atoms with Crippen molar-refractivity contribution in [1.82, 2.24) is 10.2 Å². The van der Waals surface area contributed by atoms with Gasteiger partial charge in [0.1, 0.15) is 0 Å². The quantitative estimate of drug-likeness (QED) is 0.646. The zero-order valence-electron chi connectivity index (χ0n) is 16.3. The molecule has 0 aliphatic heterocycles. The van der Waals surface area contributed by atoms with Crippen LogP contribution in [0.25, 0.3) is 0 Å². The molecule has 2 aromatic rings. The van der Waals surface area contributed by atoms with Crippen molar-refractivity contribution in [3.63, 3.8) is 0 Å². The number of amides is 1. The number of carbonyl (C=O) groups excluding carboxylic acids is 1. The molecule has 0 atom stereocenters. The molecule has 0 heterocycles. The van der Waals surface area contributed by atoms with Crippen molar-refractivity contribution in [2.45, 2.75) is 25.7 Å². The van der Waals surface area contributed by atoms with Crippen LogP contribution in [-0.2, 0) is 10.0 Å². The first-order chi connectivity index (χ1) is 13.3. The van der Waals surface area contributed by atoms with Crippen molar-refractivity contribution >= 4 is 33.2 Å². The zero-order valence-corrected chi connectivity index (χ0v) is 17.9. The lowest BCUT2D eigenvalue weighted by Gasteiger charge is -2.18. The minimum atomic E-state index is -3.84. The Morgan fingerprint density at radius 3 is 2.46 bits per heavy atom. The molecule has 152 valence electrons. The van der Waals surface area contributed by atoms with E-state index in [2.05, 4.69) is 28.8 Å². The van der Waals surface area contributed by atoms with Crippen LogP contribution in [0.5, 0.6) is 0 Å². The molecule has 0 fully saturated rings. The smallest absolute Gasteiger partial charge is 0.261 e. The third-order valence-electron chi connectivity index (χ3n) is 4.37. The van der Waals surface area contributed by atoms with Gasteiger partial charge in [0, 0.05) is 18.8 Å². The van der Waals surface area contributed by atoms with Crippen molar-refractivity contribution in [2.24, 2.45) is 0 Å². The predicted octanol–water partition coefficient (Wildman–Crippen LogP) is 3.52. The Labute approximate surface area is 171 Å². The summed E-state index contributed by atoms with van der Waals surface area (Å²) in [5.41, 5.74) is 1.53. The van der Waals surface area contributed by atoms with E-state index in [-0.39, 0.29) is 15.5 Å². The minimum Gasteiger partial charge on any atom is -0.351 e. The fourth-order valence-corrected chi connectivity index (χ4v) is 4.01.